The molecular formula is C24H26F2N4OS. The molecule has 1 heterocycles. The van der Waals surface area contributed by atoms with Crippen LogP contribution >= 0.6 is 11.8 Å². The van der Waals surface area contributed by atoms with Crippen molar-refractivity contribution in [3.63, 3.8) is 0 Å². The molecule has 5 nitrogen and oxygen atoms in total. The summed E-state index contributed by atoms with van der Waals surface area (Å²) >= 11 is 1.37. The van der Waals surface area contributed by atoms with E-state index in [2.05, 4.69) is 29.4 Å². The highest BCUT2D eigenvalue weighted by atomic mass is 32.2. The van der Waals surface area contributed by atoms with Crippen molar-refractivity contribution in [1.29, 1.82) is 0 Å². The summed E-state index contributed by atoms with van der Waals surface area (Å²) in [6, 6.07) is 11.3. The predicted molar refractivity (Wildman–Crippen MR) is 123 cm³/mol. The van der Waals surface area contributed by atoms with Crippen LogP contribution in [0.3, 0.4) is 0 Å². The van der Waals surface area contributed by atoms with Crippen molar-refractivity contribution in [2.24, 2.45) is 0 Å². The van der Waals surface area contributed by atoms with Gasteiger partial charge in [-0.05, 0) is 61.9 Å². The molecule has 168 valence electrons. The first-order chi connectivity index (χ1) is 15.3. The molecule has 0 bridgehead atoms. The van der Waals surface area contributed by atoms with Crippen LogP contribution in [0.15, 0.2) is 47.6 Å². The number of halogens is 2. The molecule has 1 fully saturated rings. The van der Waals surface area contributed by atoms with Gasteiger partial charge in [0.05, 0.1) is 5.56 Å². The molecule has 1 aliphatic rings. The zero-order valence-corrected chi connectivity index (χ0v) is 19.2. The largest absolute Gasteiger partial charge is 0.325 e. The van der Waals surface area contributed by atoms with E-state index in [0.717, 1.165) is 31.0 Å². The normalized spacial score (nSPS) is 14.9. The topological polar surface area (TPSA) is 59.8 Å². The first-order valence-electron chi connectivity index (χ1n) is 10.8. The van der Waals surface area contributed by atoms with E-state index in [0.29, 0.717) is 23.4 Å². The number of rotatable bonds is 7. The van der Waals surface area contributed by atoms with Gasteiger partial charge in [0.1, 0.15) is 16.4 Å². The predicted octanol–water partition coefficient (Wildman–Crippen LogP) is 6.02. The van der Waals surface area contributed by atoms with Gasteiger partial charge in [-0.2, -0.15) is 0 Å². The minimum absolute atomic E-state index is 0.0637. The SMILES string of the molecule is CCn1c(SC2(C(=O)Nc3ccc(C(C)C)cc3)CCC2)nnc1-c1ccc(F)cc1F. The van der Waals surface area contributed by atoms with Gasteiger partial charge >= 0.3 is 0 Å². The Morgan fingerprint density at radius 3 is 2.44 bits per heavy atom. The summed E-state index contributed by atoms with van der Waals surface area (Å²) in [5.74, 6) is -0.647. The minimum Gasteiger partial charge on any atom is -0.325 e. The van der Waals surface area contributed by atoms with Gasteiger partial charge < -0.3 is 9.88 Å². The maximum Gasteiger partial charge on any atom is 0.241 e. The lowest BCUT2D eigenvalue weighted by atomic mass is 9.83. The number of carbonyl (C=O) groups excluding carboxylic acids is 1. The van der Waals surface area contributed by atoms with Crippen molar-refractivity contribution < 1.29 is 13.6 Å². The standard InChI is InChI=1S/C24H26F2N4OS/c1-4-30-21(19-11-8-17(25)14-20(19)26)28-29-23(30)32-24(12-5-13-24)22(31)27-18-9-6-16(7-10-18)15(2)3/h6-11,14-15H,4-5,12-13H2,1-3H3,(H,27,31). The number of thioether (sulfide) groups is 1. The number of carbonyl (C=O) groups is 1. The first kappa shape index (κ1) is 22.5. The smallest absolute Gasteiger partial charge is 0.241 e. The van der Waals surface area contributed by atoms with Crippen molar-refractivity contribution in [2.45, 2.75) is 62.4 Å². The molecule has 1 amide bonds. The van der Waals surface area contributed by atoms with Crippen molar-refractivity contribution >= 4 is 23.4 Å². The summed E-state index contributed by atoms with van der Waals surface area (Å²) in [4.78, 5) is 13.2. The van der Waals surface area contributed by atoms with Crippen LogP contribution in [0.1, 0.15) is 51.5 Å². The maximum atomic E-state index is 14.3. The number of benzene rings is 2. The lowest BCUT2D eigenvalue weighted by Gasteiger charge is -2.38. The molecule has 3 aromatic rings. The highest BCUT2D eigenvalue weighted by Gasteiger charge is 2.46. The van der Waals surface area contributed by atoms with Gasteiger partial charge in [-0.25, -0.2) is 8.78 Å². The highest BCUT2D eigenvalue weighted by Crippen LogP contribution is 2.48. The summed E-state index contributed by atoms with van der Waals surface area (Å²) in [6.07, 6.45) is 2.40. The number of amides is 1. The molecule has 32 heavy (non-hydrogen) atoms. The Morgan fingerprint density at radius 2 is 1.88 bits per heavy atom. The van der Waals surface area contributed by atoms with Crippen LogP contribution in [0, 0.1) is 11.6 Å². The summed E-state index contributed by atoms with van der Waals surface area (Å²) < 4.78 is 28.8. The molecule has 2 aromatic carbocycles. The number of hydrogen-bond acceptors (Lipinski definition) is 4. The van der Waals surface area contributed by atoms with Crippen LogP contribution in [0.5, 0.6) is 0 Å². The molecule has 0 saturated heterocycles. The van der Waals surface area contributed by atoms with Crippen LogP contribution in [-0.2, 0) is 11.3 Å². The molecule has 0 unspecified atom stereocenters. The molecule has 1 saturated carbocycles. The van der Waals surface area contributed by atoms with Crippen molar-refractivity contribution in [1.82, 2.24) is 14.8 Å². The van der Waals surface area contributed by atoms with Crippen LogP contribution in [0.2, 0.25) is 0 Å². The van der Waals surface area contributed by atoms with Crippen molar-refractivity contribution in [3.05, 3.63) is 59.7 Å². The molecule has 4 rings (SSSR count). The Hall–Kier alpha value is -2.74. The number of nitrogens with zero attached hydrogens (tertiary/aromatic N) is 3. The molecule has 0 spiro atoms. The summed E-state index contributed by atoms with van der Waals surface area (Å²) in [5.41, 5.74) is 2.16. The Labute approximate surface area is 190 Å². The third kappa shape index (κ3) is 4.28. The van der Waals surface area contributed by atoms with Gasteiger partial charge in [0.2, 0.25) is 5.91 Å². The van der Waals surface area contributed by atoms with E-state index in [4.69, 9.17) is 0 Å². The van der Waals surface area contributed by atoms with Crippen molar-refractivity contribution in [3.8, 4) is 11.4 Å². The second-order valence-electron chi connectivity index (χ2n) is 8.36. The molecular weight excluding hydrogens is 430 g/mol. The van der Waals surface area contributed by atoms with Crippen LogP contribution in [0.25, 0.3) is 11.4 Å². The molecule has 0 aliphatic heterocycles. The van der Waals surface area contributed by atoms with E-state index >= 15 is 0 Å². The number of nitrogens with one attached hydrogen (secondary N) is 1. The molecule has 8 heteroatoms. The quantitative estimate of drug-likeness (QED) is 0.472. The van der Waals surface area contributed by atoms with Gasteiger partial charge in [0.15, 0.2) is 11.0 Å². The maximum absolute atomic E-state index is 14.3. The van der Waals surface area contributed by atoms with E-state index in [1.807, 2.05) is 31.2 Å². The minimum atomic E-state index is -0.690. The molecule has 1 aromatic heterocycles. The molecule has 0 atom stereocenters. The summed E-state index contributed by atoms with van der Waals surface area (Å²) in [5, 5.41) is 12.0. The average molecular weight is 457 g/mol. The second-order valence-corrected chi connectivity index (χ2v) is 9.71. The fourth-order valence-corrected chi connectivity index (χ4v) is 5.16. The Kier molecular flexibility index (Phi) is 6.33. The lowest BCUT2D eigenvalue weighted by Crippen LogP contribution is -2.46. The van der Waals surface area contributed by atoms with Gasteiger partial charge in [-0.1, -0.05) is 37.7 Å². The van der Waals surface area contributed by atoms with Gasteiger partial charge in [-0.3, -0.25) is 4.79 Å². The number of hydrogen-bond donors (Lipinski definition) is 1. The van der Waals surface area contributed by atoms with E-state index in [9.17, 15) is 13.6 Å². The average Bonchev–Trinajstić information content (AvgIpc) is 3.13. The zero-order valence-electron chi connectivity index (χ0n) is 18.4. The Morgan fingerprint density at radius 1 is 1.16 bits per heavy atom. The zero-order chi connectivity index (χ0) is 22.9. The highest BCUT2D eigenvalue weighted by molar-refractivity contribution is 8.01. The molecule has 1 aliphatic carbocycles. The third-order valence-corrected chi connectivity index (χ3v) is 7.37. The fraction of sp³-hybridized carbons (Fsp3) is 0.375. The lowest BCUT2D eigenvalue weighted by molar-refractivity contribution is -0.120. The van der Waals surface area contributed by atoms with Crippen molar-refractivity contribution in [2.75, 3.05) is 5.32 Å². The van der Waals surface area contributed by atoms with E-state index < -0.39 is 16.4 Å². The first-order valence-corrected chi connectivity index (χ1v) is 11.6. The van der Waals surface area contributed by atoms with E-state index in [1.54, 1.807) is 4.57 Å². The number of aromatic nitrogens is 3. The van der Waals surface area contributed by atoms with Gasteiger partial charge in [0.25, 0.3) is 0 Å². The summed E-state index contributed by atoms with van der Waals surface area (Å²) in [6.45, 7) is 6.66. The van der Waals surface area contributed by atoms with Crippen LogP contribution < -0.4 is 5.32 Å². The van der Waals surface area contributed by atoms with Gasteiger partial charge in [0, 0.05) is 18.3 Å². The van der Waals surface area contributed by atoms with E-state index in [-0.39, 0.29) is 11.5 Å². The van der Waals surface area contributed by atoms with Gasteiger partial charge in [-0.15, -0.1) is 10.2 Å². The van der Waals surface area contributed by atoms with Crippen LogP contribution in [0.4, 0.5) is 14.5 Å². The third-order valence-electron chi connectivity index (χ3n) is 5.90. The Balaban J connectivity index is 1.56. The fourth-order valence-electron chi connectivity index (χ4n) is 3.76. The monoisotopic (exact) mass is 456 g/mol. The molecule has 0 radical (unpaired) electrons. The van der Waals surface area contributed by atoms with E-state index in [1.165, 1.54) is 29.5 Å². The Bertz CT molecular complexity index is 1120. The second kappa shape index (κ2) is 9.02. The molecule has 1 N–H and O–H groups in total. The summed E-state index contributed by atoms with van der Waals surface area (Å²) in [7, 11) is 0. The number of anilines is 1. The van der Waals surface area contributed by atoms with Crippen LogP contribution in [-0.4, -0.2) is 25.4 Å².